The van der Waals surface area contributed by atoms with Crippen LogP contribution < -0.4 is 5.32 Å². The number of aliphatic carboxylic acids is 1. The first-order chi connectivity index (χ1) is 23.3. The van der Waals surface area contributed by atoms with Gasteiger partial charge in [-0.25, -0.2) is 0 Å². The first kappa shape index (κ1) is 37.9. The minimum atomic E-state index is -1.14. The predicted octanol–water partition coefficient (Wildman–Crippen LogP) is 10.1. The zero-order chi connectivity index (χ0) is 36.5. The van der Waals surface area contributed by atoms with Gasteiger partial charge in [0.25, 0.3) is 0 Å². The third kappa shape index (κ3) is 5.91. The van der Waals surface area contributed by atoms with Crippen LogP contribution in [0, 0.1) is 68.0 Å². The van der Waals surface area contributed by atoms with E-state index in [0.717, 1.165) is 63.8 Å². The van der Waals surface area contributed by atoms with Crippen LogP contribution in [0.1, 0.15) is 165 Å². The van der Waals surface area contributed by atoms with E-state index in [1.807, 2.05) is 0 Å². The lowest BCUT2D eigenvalue weighted by Gasteiger charge is -2.72. The number of nitrogens with one attached hydrogen (secondary N) is 1. The first-order valence-electron chi connectivity index (χ1n) is 20.7. The first-order valence-corrected chi connectivity index (χ1v) is 20.7. The summed E-state index contributed by atoms with van der Waals surface area (Å²) in [6.45, 7) is 23.3. The van der Waals surface area contributed by atoms with Crippen molar-refractivity contribution >= 4 is 17.8 Å². The molecule has 0 aromatic heterocycles. The molecular weight excluding hydrogens is 622 g/mol. The number of rotatable bonds is 9. The Morgan fingerprint density at radius 3 is 2.18 bits per heavy atom. The summed E-state index contributed by atoms with van der Waals surface area (Å²) in [7, 11) is 0. The molecule has 0 aromatic carbocycles. The van der Waals surface area contributed by atoms with Gasteiger partial charge in [0.1, 0.15) is 6.10 Å². The van der Waals surface area contributed by atoms with Crippen LogP contribution in [0.15, 0.2) is 12.2 Å². The minimum Gasteiger partial charge on any atom is -0.481 e. The number of carboxylic acid groups (broad SMARTS) is 1. The van der Waals surface area contributed by atoms with Gasteiger partial charge in [-0.15, -0.1) is 0 Å². The number of hydrogen-bond acceptors (Lipinski definition) is 4. The van der Waals surface area contributed by atoms with E-state index in [4.69, 9.17) is 4.74 Å². The van der Waals surface area contributed by atoms with Crippen LogP contribution in [0.25, 0.3) is 0 Å². The van der Waals surface area contributed by atoms with Gasteiger partial charge in [0.05, 0.1) is 17.3 Å². The van der Waals surface area contributed by atoms with E-state index in [1.165, 1.54) is 56.9 Å². The molecule has 282 valence electrons. The Balaban J connectivity index is 1.22. The Bertz CT molecular complexity index is 1350. The molecule has 0 aliphatic heterocycles. The largest absolute Gasteiger partial charge is 0.481 e. The molecule has 6 nitrogen and oxygen atoms in total. The summed E-state index contributed by atoms with van der Waals surface area (Å²) in [5, 5.41) is 13.2. The lowest BCUT2D eigenvalue weighted by atomic mass is 9.32. The third-order valence-electron chi connectivity index (χ3n) is 17.5. The quantitative estimate of drug-likeness (QED) is 0.185. The fourth-order valence-corrected chi connectivity index (χ4v) is 14.4. The molecule has 0 saturated heterocycles. The second-order valence-electron chi connectivity index (χ2n) is 20.6. The number of ether oxygens (including phenoxy) is 1. The Morgan fingerprint density at radius 2 is 1.52 bits per heavy atom. The van der Waals surface area contributed by atoms with Gasteiger partial charge in [-0.05, 0) is 143 Å². The van der Waals surface area contributed by atoms with Crippen molar-refractivity contribution in [2.45, 2.75) is 171 Å². The van der Waals surface area contributed by atoms with Crippen LogP contribution in [0.3, 0.4) is 0 Å². The number of esters is 1. The summed E-state index contributed by atoms with van der Waals surface area (Å²) >= 11 is 0. The number of carbonyl (C=O) groups excluding carboxylic acids is 2. The molecule has 6 rings (SSSR count). The average Bonchev–Trinajstić information content (AvgIpc) is 3.44. The molecule has 0 unspecified atom stereocenters. The van der Waals surface area contributed by atoms with Gasteiger partial charge in [0.2, 0.25) is 5.91 Å². The molecule has 6 heteroatoms. The van der Waals surface area contributed by atoms with Gasteiger partial charge in [-0.3, -0.25) is 14.4 Å². The highest BCUT2D eigenvalue weighted by Crippen LogP contribution is 2.77. The number of hydrogen-bond donors (Lipinski definition) is 2. The number of carboxylic acids is 1. The van der Waals surface area contributed by atoms with E-state index >= 15 is 0 Å². The van der Waals surface area contributed by atoms with Gasteiger partial charge in [-0.1, -0.05) is 78.9 Å². The van der Waals surface area contributed by atoms with Crippen LogP contribution in [0.4, 0.5) is 0 Å². The van der Waals surface area contributed by atoms with E-state index in [2.05, 4.69) is 53.4 Å². The standard InChI is InChI=1S/C44H71NO5/c1-28(2)30-17-23-44(37(47)45-26-20-29-13-11-10-12-14-29)25-24-42(8)31(36(30)44)15-16-33-41(7)21-19-34(50-35(46)27-39(3,4)38(48)49)40(5,6)32(41)18-22-43(33,42)9/h29-34,36H,1,10-27H2,2-9H3,(H,45,47)(H,48,49)/t30-,31+,32-,33+,34-,36+,41-,42+,43+,44-/m0/s1. The van der Waals surface area contributed by atoms with Crippen LogP contribution in [0.5, 0.6) is 0 Å². The van der Waals surface area contributed by atoms with Gasteiger partial charge in [0.15, 0.2) is 0 Å². The fraction of sp³-hybridized carbons (Fsp3) is 0.886. The summed E-state index contributed by atoms with van der Waals surface area (Å²) in [5.74, 6) is 2.11. The van der Waals surface area contributed by atoms with E-state index in [9.17, 15) is 19.5 Å². The molecule has 50 heavy (non-hydrogen) atoms. The minimum absolute atomic E-state index is 0.107. The van der Waals surface area contributed by atoms with Crippen molar-refractivity contribution in [3.63, 3.8) is 0 Å². The number of fused-ring (bicyclic) bond motifs is 7. The predicted molar refractivity (Wildman–Crippen MR) is 199 cm³/mol. The normalized spacial score (nSPS) is 42.6. The third-order valence-corrected chi connectivity index (χ3v) is 17.5. The van der Waals surface area contributed by atoms with Gasteiger partial charge in [0, 0.05) is 12.0 Å². The van der Waals surface area contributed by atoms with Crippen molar-refractivity contribution in [1.29, 1.82) is 0 Å². The Morgan fingerprint density at radius 1 is 0.820 bits per heavy atom. The maximum absolute atomic E-state index is 14.5. The summed E-state index contributed by atoms with van der Waals surface area (Å²) in [6.07, 6.45) is 18.3. The molecule has 6 saturated carbocycles. The average molecular weight is 694 g/mol. The molecule has 0 spiro atoms. The molecule has 2 N–H and O–H groups in total. The van der Waals surface area contributed by atoms with Crippen molar-refractivity contribution < 1.29 is 24.2 Å². The van der Waals surface area contributed by atoms with E-state index in [1.54, 1.807) is 13.8 Å². The highest BCUT2D eigenvalue weighted by molar-refractivity contribution is 5.84. The van der Waals surface area contributed by atoms with Gasteiger partial charge >= 0.3 is 11.9 Å². The smallest absolute Gasteiger partial charge is 0.309 e. The Labute approximate surface area is 304 Å². The maximum atomic E-state index is 14.5. The molecule has 6 aliphatic carbocycles. The molecule has 6 aliphatic rings. The second kappa shape index (κ2) is 13.2. The number of allylic oxidation sites excluding steroid dienone is 1. The molecule has 6 fully saturated rings. The molecule has 0 bridgehead atoms. The molecule has 1 amide bonds. The van der Waals surface area contributed by atoms with E-state index in [0.29, 0.717) is 35.5 Å². The Kier molecular flexibility index (Phi) is 10.0. The van der Waals surface area contributed by atoms with Crippen molar-refractivity contribution in [1.82, 2.24) is 5.32 Å². The lowest BCUT2D eigenvalue weighted by Crippen LogP contribution is -2.67. The maximum Gasteiger partial charge on any atom is 0.309 e. The van der Waals surface area contributed by atoms with Gasteiger partial charge in [-0.2, -0.15) is 0 Å². The fourth-order valence-electron chi connectivity index (χ4n) is 14.4. The molecular formula is C44H71NO5. The summed E-state index contributed by atoms with van der Waals surface area (Å²) in [6, 6.07) is 0. The zero-order valence-corrected chi connectivity index (χ0v) is 33.1. The summed E-state index contributed by atoms with van der Waals surface area (Å²) in [4.78, 5) is 39.3. The zero-order valence-electron chi connectivity index (χ0n) is 33.1. The Hall–Kier alpha value is -1.85. The molecule has 0 aromatic rings. The summed E-state index contributed by atoms with van der Waals surface area (Å²) < 4.78 is 6.18. The highest BCUT2D eigenvalue weighted by atomic mass is 16.5. The van der Waals surface area contributed by atoms with Crippen LogP contribution in [-0.2, 0) is 19.1 Å². The SMILES string of the molecule is C=C(C)[C@@H]1CC[C@]2(C(=O)NCCC3CCCCC3)CC[C@]3(C)[C@H](CC[C@@H]4[C@@]5(C)CC[C@H](OC(=O)CC(C)(C)C(=O)O)C(C)(C)[C@@H]5CC[C@]43C)[C@@H]12. The van der Waals surface area contributed by atoms with Crippen LogP contribution in [0.2, 0.25) is 0 Å². The van der Waals surface area contributed by atoms with Crippen molar-refractivity contribution in [3.05, 3.63) is 12.2 Å². The molecule has 10 atom stereocenters. The monoisotopic (exact) mass is 694 g/mol. The second-order valence-corrected chi connectivity index (χ2v) is 20.6. The number of amides is 1. The number of carbonyl (C=O) groups is 3. The highest BCUT2D eigenvalue weighted by Gasteiger charge is 2.72. The van der Waals surface area contributed by atoms with Crippen molar-refractivity contribution in [2.75, 3.05) is 6.54 Å². The van der Waals surface area contributed by atoms with Crippen LogP contribution >= 0.6 is 0 Å². The molecule has 0 heterocycles. The van der Waals surface area contributed by atoms with E-state index in [-0.39, 0.29) is 45.6 Å². The lowest BCUT2D eigenvalue weighted by molar-refractivity contribution is -0.249. The van der Waals surface area contributed by atoms with Gasteiger partial charge < -0.3 is 15.2 Å². The van der Waals surface area contributed by atoms with Crippen molar-refractivity contribution in [3.8, 4) is 0 Å². The topological polar surface area (TPSA) is 92.7 Å². The van der Waals surface area contributed by atoms with E-state index < -0.39 is 11.4 Å². The van der Waals surface area contributed by atoms with Crippen LogP contribution in [-0.4, -0.2) is 35.6 Å². The molecule has 0 radical (unpaired) electrons. The van der Waals surface area contributed by atoms with Crippen molar-refractivity contribution in [2.24, 2.45) is 68.0 Å². The summed E-state index contributed by atoms with van der Waals surface area (Å²) in [5.41, 5.74) is 0.169.